The van der Waals surface area contributed by atoms with Crippen LogP contribution in [0, 0.1) is 10.1 Å². The minimum absolute atomic E-state index is 0.00837. The highest BCUT2D eigenvalue weighted by molar-refractivity contribution is 5.83. The van der Waals surface area contributed by atoms with Gasteiger partial charge in [0.05, 0.1) is 23.9 Å². The second-order valence-corrected chi connectivity index (χ2v) is 7.17. The normalized spacial score (nSPS) is 11.3. The lowest BCUT2D eigenvalue weighted by molar-refractivity contribution is -0.384. The van der Waals surface area contributed by atoms with Crippen molar-refractivity contribution in [3.05, 3.63) is 94.7 Å². The fraction of sp³-hybridized carbons (Fsp3) is 0.0400. The van der Waals surface area contributed by atoms with Gasteiger partial charge in [0.1, 0.15) is 22.8 Å². The van der Waals surface area contributed by atoms with Crippen molar-refractivity contribution < 1.29 is 18.5 Å². The summed E-state index contributed by atoms with van der Waals surface area (Å²) in [4.78, 5) is 19.6. The summed E-state index contributed by atoms with van der Waals surface area (Å²) in [6.45, 7) is 0. The third-order valence-corrected chi connectivity index (χ3v) is 5.02. The number of nitro groups is 1. The minimum Gasteiger partial charge on any atom is -0.497 e. The Kier molecular flexibility index (Phi) is 5.16. The van der Waals surface area contributed by atoms with E-state index < -0.39 is 4.92 Å². The van der Waals surface area contributed by atoms with Crippen molar-refractivity contribution in [2.75, 3.05) is 7.11 Å². The number of ether oxygens (including phenoxy) is 1. The molecule has 0 aliphatic rings. The molecule has 0 saturated carbocycles. The molecule has 3 aromatic carbocycles. The first kappa shape index (κ1) is 20.2. The number of aromatic nitrogens is 1. The van der Waals surface area contributed by atoms with Crippen molar-refractivity contribution in [2.45, 2.75) is 0 Å². The lowest BCUT2D eigenvalue weighted by atomic mass is 10.1. The van der Waals surface area contributed by atoms with E-state index in [-0.39, 0.29) is 5.69 Å². The topological polar surface area (TPSA) is 104 Å². The van der Waals surface area contributed by atoms with E-state index in [1.165, 1.54) is 12.1 Å². The fourth-order valence-corrected chi connectivity index (χ4v) is 3.34. The zero-order valence-electron chi connectivity index (χ0n) is 17.5. The summed E-state index contributed by atoms with van der Waals surface area (Å²) in [5.41, 5.74) is 3.51. The maximum absolute atomic E-state index is 11.0. The van der Waals surface area contributed by atoms with Crippen LogP contribution in [0.1, 0.15) is 5.76 Å². The van der Waals surface area contributed by atoms with Gasteiger partial charge in [-0.3, -0.25) is 15.1 Å². The molecule has 8 nitrogen and oxygen atoms in total. The van der Waals surface area contributed by atoms with Gasteiger partial charge in [0.25, 0.3) is 5.69 Å². The van der Waals surface area contributed by atoms with Gasteiger partial charge in [-0.2, -0.15) is 0 Å². The molecule has 0 radical (unpaired) electrons. The van der Waals surface area contributed by atoms with Crippen LogP contribution in [0.3, 0.4) is 0 Å². The molecule has 0 N–H and O–H groups in total. The molecule has 0 saturated heterocycles. The number of nitro benzene ring substituents is 1. The fourth-order valence-electron chi connectivity index (χ4n) is 3.34. The summed E-state index contributed by atoms with van der Waals surface area (Å²) in [6, 6.07) is 22.7. The predicted molar refractivity (Wildman–Crippen MR) is 124 cm³/mol. The van der Waals surface area contributed by atoms with E-state index in [9.17, 15) is 10.1 Å². The Labute approximate surface area is 187 Å². The summed E-state index contributed by atoms with van der Waals surface area (Å²) in [5.74, 6) is 2.33. The minimum atomic E-state index is -0.436. The van der Waals surface area contributed by atoms with E-state index in [1.54, 1.807) is 37.6 Å². The second kappa shape index (κ2) is 8.43. The Morgan fingerprint density at radius 3 is 2.61 bits per heavy atom. The van der Waals surface area contributed by atoms with Gasteiger partial charge < -0.3 is 13.6 Å². The monoisotopic (exact) mass is 439 g/mol. The van der Waals surface area contributed by atoms with Crippen molar-refractivity contribution in [1.82, 2.24) is 4.98 Å². The van der Waals surface area contributed by atoms with Crippen LogP contribution in [0.4, 0.5) is 11.4 Å². The summed E-state index contributed by atoms with van der Waals surface area (Å²) in [7, 11) is 1.62. The zero-order valence-corrected chi connectivity index (χ0v) is 17.5. The van der Waals surface area contributed by atoms with Crippen LogP contribution < -0.4 is 4.74 Å². The molecule has 5 aromatic rings. The van der Waals surface area contributed by atoms with E-state index in [0.717, 1.165) is 11.3 Å². The van der Waals surface area contributed by atoms with Crippen LogP contribution in [0.25, 0.3) is 33.9 Å². The number of aliphatic imine (C=N–C) groups is 1. The molecule has 8 heteroatoms. The van der Waals surface area contributed by atoms with Gasteiger partial charge in [-0.15, -0.1) is 0 Å². The largest absolute Gasteiger partial charge is 0.497 e. The number of hydrogen-bond donors (Lipinski definition) is 0. The first-order chi connectivity index (χ1) is 16.1. The SMILES string of the molecule is COc1ccc(-c2nc3cc(N=Cc4ccc(-c5cccc([N+](=O)[O-])c5)o4)ccc3o2)cc1. The van der Waals surface area contributed by atoms with E-state index in [1.807, 2.05) is 42.5 Å². The Hall–Kier alpha value is -4.72. The molecule has 0 aliphatic heterocycles. The second-order valence-electron chi connectivity index (χ2n) is 7.17. The van der Waals surface area contributed by atoms with Gasteiger partial charge in [-0.05, 0) is 54.6 Å². The number of rotatable bonds is 6. The number of non-ortho nitro benzene ring substituents is 1. The number of nitrogens with zero attached hydrogens (tertiary/aromatic N) is 3. The Balaban J connectivity index is 1.36. The molecule has 5 rings (SSSR count). The van der Waals surface area contributed by atoms with Gasteiger partial charge in [-0.1, -0.05) is 12.1 Å². The number of fused-ring (bicyclic) bond motifs is 1. The molecule has 0 atom stereocenters. The quantitative estimate of drug-likeness (QED) is 0.172. The highest BCUT2D eigenvalue weighted by Crippen LogP contribution is 2.29. The molecule has 2 aromatic heterocycles. The highest BCUT2D eigenvalue weighted by atomic mass is 16.6. The van der Waals surface area contributed by atoms with E-state index >= 15 is 0 Å². The highest BCUT2D eigenvalue weighted by Gasteiger charge is 2.11. The van der Waals surface area contributed by atoms with Crippen molar-refractivity contribution in [1.29, 1.82) is 0 Å². The maximum Gasteiger partial charge on any atom is 0.270 e. The molecule has 0 aliphatic carbocycles. The molecule has 0 amide bonds. The Morgan fingerprint density at radius 2 is 1.82 bits per heavy atom. The Morgan fingerprint density at radius 1 is 0.970 bits per heavy atom. The van der Waals surface area contributed by atoms with E-state index in [0.29, 0.717) is 39.8 Å². The standard InChI is InChI=1S/C25H17N3O5/c1-31-20-8-5-16(6-9-20)25-27-22-14-18(7-11-24(22)33-25)26-15-21-10-12-23(32-21)17-3-2-4-19(13-17)28(29)30/h2-15H,1H3. The summed E-state index contributed by atoms with van der Waals surface area (Å²) >= 11 is 0. The number of furan rings is 1. The number of hydrogen-bond acceptors (Lipinski definition) is 7. The Bertz CT molecular complexity index is 1480. The van der Waals surface area contributed by atoms with Crippen LogP contribution >= 0.6 is 0 Å². The average molecular weight is 439 g/mol. The molecule has 0 fully saturated rings. The van der Waals surface area contributed by atoms with Crippen LogP contribution in [0.15, 0.2) is 92.7 Å². The lowest BCUT2D eigenvalue weighted by Crippen LogP contribution is -1.87. The molecule has 0 unspecified atom stereocenters. The summed E-state index contributed by atoms with van der Waals surface area (Å²) in [5, 5.41) is 11.0. The van der Waals surface area contributed by atoms with Crippen molar-refractivity contribution >= 4 is 28.7 Å². The van der Waals surface area contributed by atoms with Crippen molar-refractivity contribution in [3.63, 3.8) is 0 Å². The van der Waals surface area contributed by atoms with Gasteiger partial charge in [0, 0.05) is 23.3 Å². The van der Waals surface area contributed by atoms with Crippen molar-refractivity contribution in [3.8, 4) is 28.5 Å². The van der Waals surface area contributed by atoms with Gasteiger partial charge in [0.15, 0.2) is 5.58 Å². The average Bonchev–Trinajstić information content (AvgIpc) is 3.50. The predicted octanol–water partition coefficient (Wildman–Crippen LogP) is 6.42. The molecular formula is C25H17N3O5. The van der Waals surface area contributed by atoms with Gasteiger partial charge in [-0.25, -0.2) is 4.98 Å². The lowest BCUT2D eigenvalue weighted by Gasteiger charge is -1.99. The number of oxazole rings is 1. The van der Waals surface area contributed by atoms with Crippen LogP contribution in [0.2, 0.25) is 0 Å². The maximum atomic E-state index is 11.0. The zero-order chi connectivity index (χ0) is 22.8. The van der Waals surface area contributed by atoms with Gasteiger partial charge in [0.2, 0.25) is 5.89 Å². The first-order valence-corrected chi connectivity index (χ1v) is 10.0. The molecular weight excluding hydrogens is 422 g/mol. The first-order valence-electron chi connectivity index (χ1n) is 10.0. The number of methoxy groups -OCH3 is 1. The smallest absolute Gasteiger partial charge is 0.270 e. The molecule has 0 spiro atoms. The van der Waals surface area contributed by atoms with E-state index in [4.69, 9.17) is 13.6 Å². The van der Waals surface area contributed by atoms with Crippen molar-refractivity contribution in [2.24, 2.45) is 4.99 Å². The van der Waals surface area contributed by atoms with Gasteiger partial charge >= 0.3 is 0 Å². The third-order valence-electron chi connectivity index (χ3n) is 5.02. The van der Waals surface area contributed by atoms with E-state index in [2.05, 4.69) is 9.98 Å². The van der Waals surface area contributed by atoms with Crippen LogP contribution in [-0.4, -0.2) is 23.2 Å². The summed E-state index contributed by atoms with van der Waals surface area (Å²) in [6.07, 6.45) is 1.59. The molecule has 162 valence electrons. The molecule has 2 heterocycles. The number of benzene rings is 3. The third kappa shape index (κ3) is 4.22. The molecule has 33 heavy (non-hydrogen) atoms. The van der Waals surface area contributed by atoms with Crippen LogP contribution in [0.5, 0.6) is 5.75 Å². The summed E-state index contributed by atoms with van der Waals surface area (Å²) < 4.78 is 16.8. The molecule has 0 bridgehead atoms. The van der Waals surface area contributed by atoms with Crippen LogP contribution in [-0.2, 0) is 0 Å².